The van der Waals surface area contributed by atoms with Crippen molar-refractivity contribution in [3.63, 3.8) is 0 Å². The zero-order chi connectivity index (χ0) is 24.0. The quantitative estimate of drug-likeness (QED) is 0.328. The van der Waals surface area contributed by atoms with Crippen molar-refractivity contribution in [2.75, 3.05) is 0 Å². The highest BCUT2D eigenvalue weighted by atomic mass is 19.4. The van der Waals surface area contributed by atoms with E-state index in [2.05, 4.69) is 10.3 Å². The van der Waals surface area contributed by atoms with Gasteiger partial charge in [0.05, 0.1) is 21.9 Å². The Bertz CT molecular complexity index is 1440. The summed E-state index contributed by atoms with van der Waals surface area (Å²) in [5.74, 6) is -1.26. The molecule has 4 rings (SSSR count). The molecule has 5 nitrogen and oxygen atoms in total. The van der Waals surface area contributed by atoms with Crippen molar-refractivity contribution in [1.82, 2.24) is 10.3 Å². The lowest BCUT2D eigenvalue weighted by Crippen LogP contribution is -2.27. The maximum Gasteiger partial charge on any atom is 0.434 e. The van der Waals surface area contributed by atoms with Crippen molar-refractivity contribution in [1.29, 1.82) is 0 Å². The minimum atomic E-state index is -5.07. The van der Waals surface area contributed by atoms with Crippen LogP contribution in [0.4, 0.5) is 26.3 Å². The van der Waals surface area contributed by atoms with Crippen LogP contribution < -0.4 is 10.7 Å². The van der Waals surface area contributed by atoms with Crippen LogP contribution in [0.3, 0.4) is 0 Å². The maximum absolute atomic E-state index is 13.6. The fourth-order valence-corrected chi connectivity index (χ4v) is 3.25. The number of aromatic nitrogens is 1. The summed E-state index contributed by atoms with van der Waals surface area (Å²) in [6.07, 6.45) is -9.69. The molecule has 2 aromatic carbocycles. The van der Waals surface area contributed by atoms with Crippen LogP contribution >= 0.6 is 0 Å². The van der Waals surface area contributed by atoms with Gasteiger partial charge in [0, 0.05) is 6.54 Å². The molecule has 0 fully saturated rings. The molecule has 0 spiro atoms. The van der Waals surface area contributed by atoms with Gasteiger partial charge in [-0.25, -0.2) is 4.98 Å². The monoisotopic (exact) mass is 466 g/mol. The Morgan fingerprint density at radius 2 is 1.64 bits per heavy atom. The summed E-state index contributed by atoms with van der Waals surface area (Å²) in [5, 5.41) is 1.89. The van der Waals surface area contributed by atoms with E-state index in [1.165, 1.54) is 30.3 Å². The fourth-order valence-electron chi connectivity index (χ4n) is 3.25. The van der Waals surface area contributed by atoms with Gasteiger partial charge in [0.15, 0.2) is 5.69 Å². The molecule has 1 amide bonds. The number of hydrogen-bond acceptors (Lipinski definition) is 4. The van der Waals surface area contributed by atoms with Crippen molar-refractivity contribution >= 4 is 28.0 Å². The predicted octanol–water partition coefficient (Wildman–Crippen LogP) is 5.31. The summed E-state index contributed by atoms with van der Waals surface area (Å²) < 4.78 is 84.7. The van der Waals surface area contributed by atoms with Gasteiger partial charge in [-0.3, -0.25) is 9.59 Å². The summed E-state index contributed by atoms with van der Waals surface area (Å²) in [5.41, 5.74) is -4.74. The molecule has 0 aliphatic carbocycles. The highest BCUT2D eigenvalue weighted by Gasteiger charge is 2.38. The number of amides is 1. The van der Waals surface area contributed by atoms with Gasteiger partial charge in [0.25, 0.3) is 5.91 Å². The summed E-state index contributed by atoms with van der Waals surface area (Å²) in [4.78, 5) is 28.7. The minimum absolute atomic E-state index is 0.0194. The van der Waals surface area contributed by atoms with Gasteiger partial charge in [0.2, 0.25) is 11.1 Å². The van der Waals surface area contributed by atoms with E-state index in [4.69, 9.17) is 4.42 Å². The number of nitrogens with one attached hydrogen (secondary N) is 1. The van der Waals surface area contributed by atoms with E-state index < -0.39 is 52.8 Å². The number of fused-ring (bicyclic) bond motifs is 2. The lowest BCUT2D eigenvalue weighted by atomic mass is 10.1. The summed E-state index contributed by atoms with van der Waals surface area (Å²) in [7, 11) is 0. The zero-order valence-electron chi connectivity index (χ0n) is 16.3. The molecule has 0 bridgehead atoms. The second-order valence-corrected chi connectivity index (χ2v) is 7.04. The van der Waals surface area contributed by atoms with E-state index in [1.54, 1.807) is 0 Å². The molecule has 170 valence electrons. The predicted molar refractivity (Wildman–Crippen MR) is 105 cm³/mol. The van der Waals surface area contributed by atoms with Gasteiger partial charge in [0.1, 0.15) is 5.58 Å². The molecule has 0 radical (unpaired) electrons. The molecule has 4 aromatic rings. The second kappa shape index (κ2) is 7.91. The van der Waals surface area contributed by atoms with E-state index in [0.29, 0.717) is 0 Å². The van der Waals surface area contributed by atoms with E-state index >= 15 is 0 Å². The molecular weight excluding hydrogens is 454 g/mol. The Hall–Kier alpha value is -3.89. The smallest absolute Gasteiger partial charge is 0.434 e. The van der Waals surface area contributed by atoms with Gasteiger partial charge < -0.3 is 9.73 Å². The van der Waals surface area contributed by atoms with Crippen LogP contribution in [0.5, 0.6) is 0 Å². The van der Waals surface area contributed by atoms with Gasteiger partial charge in [-0.2, -0.15) is 26.3 Å². The number of halogens is 6. The fraction of sp³-hybridized carbons (Fsp3) is 0.136. The lowest BCUT2D eigenvalue weighted by molar-refractivity contribution is -0.141. The molecule has 0 saturated carbocycles. The summed E-state index contributed by atoms with van der Waals surface area (Å²) >= 11 is 0. The molecule has 2 aromatic heterocycles. The van der Waals surface area contributed by atoms with E-state index in [1.807, 2.05) is 0 Å². The Morgan fingerprint density at radius 1 is 0.909 bits per heavy atom. The van der Waals surface area contributed by atoms with Gasteiger partial charge >= 0.3 is 12.4 Å². The third kappa shape index (κ3) is 4.38. The topological polar surface area (TPSA) is 72.2 Å². The molecule has 0 aliphatic rings. The van der Waals surface area contributed by atoms with Crippen molar-refractivity contribution < 1.29 is 35.6 Å². The number of alkyl halides is 6. The number of benzene rings is 2. The molecule has 11 heteroatoms. The van der Waals surface area contributed by atoms with Crippen LogP contribution in [0.25, 0.3) is 22.1 Å². The van der Waals surface area contributed by atoms with Crippen LogP contribution in [0.1, 0.15) is 27.2 Å². The van der Waals surface area contributed by atoms with Crippen LogP contribution in [-0.4, -0.2) is 10.9 Å². The minimum Gasteiger partial charge on any atom is -0.437 e. The molecule has 0 aliphatic heterocycles. The highest BCUT2D eigenvalue weighted by Crippen LogP contribution is 2.33. The number of carbonyl (C=O) groups excluding carboxylic acids is 1. The number of pyridine rings is 1. The van der Waals surface area contributed by atoms with Crippen molar-refractivity contribution in [2.45, 2.75) is 18.9 Å². The van der Waals surface area contributed by atoms with Crippen LogP contribution in [0, 0.1) is 0 Å². The summed E-state index contributed by atoms with van der Waals surface area (Å²) in [6, 6.07) is 10.6. The second-order valence-electron chi connectivity index (χ2n) is 7.04. The third-order valence-electron chi connectivity index (χ3n) is 4.79. The molecule has 0 saturated heterocycles. The average Bonchev–Trinajstić information content (AvgIpc) is 2.76. The largest absolute Gasteiger partial charge is 0.437 e. The summed E-state index contributed by atoms with van der Waals surface area (Å²) in [6.45, 7) is -0.482. The highest BCUT2D eigenvalue weighted by molar-refractivity contribution is 5.99. The first-order chi connectivity index (χ1) is 15.4. The SMILES string of the molecule is O=C(NCc1cccc(C(F)(F)F)c1)c1cc2c(=O)c3ccccc3oc2nc1C(F)(F)F. The van der Waals surface area contributed by atoms with Crippen LogP contribution in [0.15, 0.2) is 63.8 Å². The Labute approximate surface area is 180 Å². The molecule has 0 atom stereocenters. The van der Waals surface area contributed by atoms with Crippen molar-refractivity contribution in [2.24, 2.45) is 0 Å². The van der Waals surface area contributed by atoms with Crippen LogP contribution in [0.2, 0.25) is 0 Å². The molecule has 1 N–H and O–H groups in total. The molecular formula is C22H12F6N2O3. The number of nitrogens with zero attached hydrogens (tertiary/aromatic N) is 1. The molecule has 2 heterocycles. The molecule has 0 unspecified atom stereocenters. The zero-order valence-corrected chi connectivity index (χ0v) is 16.3. The van der Waals surface area contributed by atoms with E-state index in [9.17, 15) is 35.9 Å². The Morgan fingerprint density at radius 3 is 2.33 bits per heavy atom. The number of hydrogen-bond donors (Lipinski definition) is 1. The number of rotatable bonds is 3. The first-order valence-corrected chi connectivity index (χ1v) is 9.33. The van der Waals surface area contributed by atoms with Crippen molar-refractivity contribution in [3.8, 4) is 0 Å². The number of para-hydroxylation sites is 1. The van der Waals surface area contributed by atoms with Crippen molar-refractivity contribution in [3.05, 3.63) is 87.2 Å². The lowest BCUT2D eigenvalue weighted by Gasteiger charge is -2.14. The van der Waals surface area contributed by atoms with E-state index in [-0.39, 0.29) is 21.9 Å². The average molecular weight is 466 g/mol. The third-order valence-corrected chi connectivity index (χ3v) is 4.79. The van der Waals surface area contributed by atoms with E-state index in [0.717, 1.165) is 24.3 Å². The standard InChI is InChI=1S/C22H12F6N2O3/c23-21(24,25)12-5-3-4-11(8-12)10-29-19(32)15-9-14-17(31)13-6-1-2-7-16(13)33-20(14)30-18(15)22(26,27)28/h1-9H,10H2,(H,29,32). The normalized spacial score (nSPS) is 12.3. The first kappa shape index (κ1) is 22.3. The Balaban J connectivity index is 1.75. The Kier molecular flexibility index (Phi) is 5.35. The molecule has 33 heavy (non-hydrogen) atoms. The van der Waals surface area contributed by atoms with Gasteiger partial charge in [-0.05, 0) is 35.9 Å². The van der Waals surface area contributed by atoms with Gasteiger partial charge in [-0.1, -0.05) is 24.3 Å². The first-order valence-electron chi connectivity index (χ1n) is 9.33. The maximum atomic E-state index is 13.6. The van der Waals surface area contributed by atoms with Crippen LogP contribution in [-0.2, 0) is 18.9 Å². The van der Waals surface area contributed by atoms with Gasteiger partial charge in [-0.15, -0.1) is 0 Å². The number of carbonyl (C=O) groups is 1.